The van der Waals surface area contributed by atoms with Gasteiger partial charge in [-0.05, 0) is 29.8 Å². The van der Waals surface area contributed by atoms with Gasteiger partial charge in [0.05, 0.1) is 23.1 Å². The van der Waals surface area contributed by atoms with Gasteiger partial charge < -0.3 is 0 Å². The summed E-state index contributed by atoms with van der Waals surface area (Å²) in [7, 11) is 1.72. The highest BCUT2D eigenvalue weighted by molar-refractivity contribution is 6.27. The largest absolute Gasteiger partial charge is 0.270 e. The van der Waals surface area contributed by atoms with Crippen LogP contribution in [0.4, 0.5) is 4.39 Å². The van der Waals surface area contributed by atoms with Crippen molar-refractivity contribution in [3.63, 3.8) is 0 Å². The van der Waals surface area contributed by atoms with Crippen molar-refractivity contribution in [2.75, 3.05) is 0 Å². The van der Waals surface area contributed by atoms with Gasteiger partial charge in [0.15, 0.2) is 5.65 Å². The zero-order valence-electron chi connectivity index (χ0n) is 15.5. The number of amides is 2. The Bertz CT molecular complexity index is 1280. The van der Waals surface area contributed by atoms with Crippen LogP contribution in [0.3, 0.4) is 0 Å². The molecule has 0 aliphatic carbocycles. The Morgan fingerprint density at radius 1 is 0.966 bits per heavy atom. The van der Waals surface area contributed by atoms with Gasteiger partial charge in [0.1, 0.15) is 11.5 Å². The number of pyridine rings is 1. The minimum absolute atomic E-state index is 0.181. The predicted octanol–water partition coefficient (Wildman–Crippen LogP) is 3.57. The summed E-state index contributed by atoms with van der Waals surface area (Å²) in [6.07, 6.45) is 1.43. The van der Waals surface area contributed by atoms with Crippen molar-refractivity contribution in [3.8, 4) is 11.3 Å². The summed E-state index contributed by atoms with van der Waals surface area (Å²) in [5.41, 5.74) is 3.05. The lowest BCUT2D eigenvalue weighted by molar-refractivity contribution is 0.0643. The average molecular weight is 386 g/mol. The molecule has 6 nitrogen and oxygen atoms in total. The Labute approximate surface area is 165 Å². The first-order valence-corrected chi connectivity index (χ1v) is 9.06. The highest BCUT2D eigenvalue weighted by Gasteiger charge is 2.39. The zero-order chi connectivity index (χ0) is 20.1. The highest BCUT2D eigenvalue weighted by atomic mass is 19.1. The zero-order valence-corrected chi connectivity index (χ0v) is 15.5. The van der Waals surface area contributed by atoms with Gasteiger partial charge in [0.25, 0.3) is 11.8 Å². The summed E-state index contributed by atoms with van der Waals surface area (Å²) >= 11 is 0. The molecule has 7 heteroatoms. The van der Waals surface area contributed by atoms with E-state index >= 15 is 0 Å². The third-order valence-corrected chi connectivity index (χ3v) is 5.09. The molecule has 4 aromatic rings. The Morgan fingerprint density at radius 2 is 1.69 bits per heavy atom. The maximum Gasteiger partial charge on any atom is 0.263 e. The number of nitrogens with zero attached hydrogens (tertiary/aromatic N) is 4. The molecule has 2 aromatic heterocycles. The molecule has 1 aliphatic heterocycles. The van der Waals surface area contributed by atoms with E-state index in [1.54, 1.807) is 23.9 Å². The van der Waals surface area contributed by atoms with Crippen molar-refractivity contribution in [3.05, 3.63) is 83.3 Å². The van der Waals surface area contributed by atoms with Crippen molar-refractivity contribution < 1.29 is 14.0 Å². The van der Waals surface area contributed by atoms with Crippen molar-refractivity contribution in [1.82, 2.24) is 19.7 Å². The molecule has 0 atom stereocenters. The van der Waals surface area contributed by atoms with Gasteiger partial charge >= 0.3 is 0 Å². The molecule has 2 aromatic carbocycles. The number of benzene rings is 2. The third kappa shape index (κ3) is 2.62. The van der Waals surface area contributed by atoms with Crippen LogP contribution in [0.5, 0.6) is 0 Å². The smallest absolute Gasteiger partial charge is 0.263 e. The first kappa shape index (κ1) is 17.2. The van der Waals surface area contributed by atoms with E-state index in [1.165, 1.54) is 23.2 Å². The number of rotatable bonds is 3. The van der Waals surface area contributed by atoms with E-state index in [0.29, 0.717) is 27.9 Å². The van der Waals surface area contributed by atoms with Gasteiger partial charge in [-0.15, -0.1) is 0 Å². The minimum atomic E-state index is -0.378. The van der Waals surface area contributed by atoms with Crippen molar-refractivity contribution in [2.45, 2.75) is 6.54 Å². The lowest BCUT2D eigenvalue weighted by Crippen LogP contribution is -2.29. The third-order valence-electron chi connectivity index (χ3n) is 5.09. The Hall–Kier alpha value is -3.87. The summed E-state index contributed by atoms with van der Waals surface area (Å²) in [5, 5.41) is 4.99. The number of fused-ring (bicyclic) bond motifs is 3. The summed E-state index contributed by atoms with van der Waals surface area (Å²) in [4.78, 5) is 31.8. The number of halogens is 1. The van der Waals surface area contributed by atoms with Crippen LogP contribution in [0.25, 0.3) is 22.3 Å². The molecule has 142 valence electrons. The molecule has 0 saturated heterocycles. The second kappa shape index (κ2) is 6.34. The first-order valence-electron chi connectivity index (χ1n) is 9.06. The fourth-order valence-corrected chi connectivity index (χ4v) is 3.69. The molecule has 0 spiro atoms. The van der Waals surface area contributed by atoms with E-state index < -0.39 is 0 Å². The van der Waals surface area contributed by atoms with Gasteiger partial charge in [-0.1, -0.05) is 30.3 Å². The van der Waals surface area contributed by atoms with Gasteiger partial charge in [0, 0.05) is 18.8 Å². The Kier molecular flexibility index (Phi) is 3.77. The molecule has 3 heterocycles. The average Bonchev–Trinajstić information content (AvgIpc) is 3.19. The molecule has 0 unspecified atom stereocenters. The standard InChI is InChI=1S/C22H15FN4O2/c1-26-20-18(19(25-26)14-7-9-15(23)10-8-14)17-16(11-24-20)21(28)27(22(17)29)12-13-5-3-2-4-6-13/h2-11H,12H2,1H3. The number of aryl methyl sites for hydroxylation is 1. The number of imide groups is 1. The molecule has 0 bridgehead atoms. The van der Waals surface area contributed by atoms with Gasteiger partial charge in [-0.3, -0.25) is 14.5 Å². The van der Waals surface area contributed by atoms with Crippen LogP contribution in [0.2, 0.25) is 0 Å². The second-order valence-corrected chi connectivity index (χ2v) is 6.91. The van der Waals surface area contributed by atoms with Crippen LogP contribution < -0.4 is 0 Å². The molecule has 0 saturated carbocycles. The van der Waals surface area contributed by atoms with E-state index in [9.17, 15) is 14.0 Å². The highest BCUT2D eigenvalue weighted by Crippen LogP contribution is 2.35. The van der Waals surface area contributed by atoms with Crippen LogP contribution >= 0.6 is 0 Å². The fourth-order valence-electron chi connectivity index (χ4n) is 3.69. The van der Waals surface area contributed by atoms with Crippen molar-refractivity contribution in [1.29, 1.82) is 0 Å². The topological polar surface area (TPSA) is 68.1 Å². The molecule has 2 amide bonds. The van der Waals surface area contributed by atoms with E-state index in [2.05, 4.69) is 10.1 Å². The van der Waals surface area contributed by atoms with E-state index in [4.69, 9.17) is 0 Å². The summed E-state index contributed by atoms with van der Waals surface area (Å²) in [5.74, 6) is -1.12. The van der Waals surface area contributed by atoms with Crippen LogP contribution in [0.1, 0.15) is 26.3 Å². The SMILES string of the molecule is Cn1nc(-c2ccc(F)cc2)c2c3c(cnc21)C(=O)N(Cc1ccccc1)C3=O. The Balaban J connectivity index is 1.68. The summed E-state index contributed by atoms with van der Waals surface area (Å²) in [6, 6.07) is 15.2. The minimum Gasteiger partial charge on any atom is -0.270 e. The number of carbonyl (C=O) groups is 2. The fraction of sp³-hybridized carbons (Fsp3) is 0.0909. The molecular weight excluding hydrogens is 371 g/mol. The van der Waals surface area contributed by atoms with Crippen molar-refractivity contribution >= 4 is 22.8 Å². The summed E-state index contributed by atoms with van der Waals surface area (Å²) < 4.78 is 14.9. The molecule has 0 radical (unpaired) electrons. The lowest BCUT2D eigenvalue weighted by atomic mass is 10.0. The molecule has 1 aliphatic rings. The van der Waals surface area contributed by atoms with Gasteiger partial charge in [-0.2, -0.15) is 5.10 Å². The van der Waals surface area contributed by atoms with Gasteiger partial charge in [-0.25, -0.2) is 14.1 Å². The summed E-state index contributed by atoms with van der Waals surface area (Å²) in [6.45, 7) is 0.181. The van der Waals surface area contributed by atoms with E-state index in [0.717, 1.165) is 5.56 Å². The molecule has 0 fully saturated rings. The number of aromatic nitrogens is 3. The van der Waals surface area contributed by atoms with Crippen LogP contribution in [0.15, 0.2) is 60.8 Å². The normalized spacial score (nSPS) is 13.4. The number of carbonyl (C=O) groups excluding carboxylic acids is 2. The van der Waals surface area contributed by atoms with Crippen LogP contribution in [-0.2, 0) is 13.6 Å². The van der Waals surface area contributed by atoms with Gasteiger partial charge in [0.2, 0.25) is 0 Å². The van der Waals surface area contributed by atoms with Crippen LogP contribution in [-0.4, -0.2) is 31.5 Å². The van der Waals surface area contributed by atoms with Crippen LogP contribution in [0, 0.1) is 5.82 Å². The lowest BCUT2D eigenvalue weighted by Gasteiger charge is -2.13. The van der Waals surface area contributed by atoms with E-state index in [-0.39, 0.29) is 29.7 Å². The first-order chi connectivity index (χ1) is 14.0. The monoisotopic (exact) mass is 386 g/mol. The van der Waals surface area contributed by atoms with Crippen molar-refractivity contribution in [2.24, 2.45) is 7.05 Å². The quantitative estimate of drug-likeness (QED) is 0.505. The molecule has 0 N–H and O–H groups in total. The molecular formula is C22H15FN4O2. The number of hydrogen-bond donors (Lipinski definition) is 0. The maximum absolute atomic E-state index is 13.4. The maximum atomic E-state index is 13.4. The van der Waals surface area contributed by atoms with E-state index in [1.807, 2.05) is 30.3 Å². The second-order valence-electron chi connectivity index (χ2n) is 6.91. The Morgan fingerprint density at radius 3 is 2.41 bits per heavy atom. The number of hydrogen-bond acceptors (Lipinski definition) is 4. The molecule has 5 rings (SSSR count). The molecule has 29 heavy (non-hydrogen) atoms. The predicted molar refractivity (Wildman–Crippen MR) is 105 cm³/mol.